The maximum atomic E-state index is 12.2. The number of hydrogen-bond acceptors (Lipinski definition) is 4. The Balaban J connectivity index is 3.59. The second-order valence-electron chi connectivity index (χ2n) is 2.74. The number of carbonyl (C=O) groups is 1. The van der Waals surface area contributed by atoms with Gasteiger partial charge in [-0.2, -0.15) is 0 Å². The molecule has 0 aliphatic rings. The van der Waals surface area contributed by atoms with Crippen LogP contribution in [0.4, 0.5) is 14.5 Å². The second kappa shape index (κ2) is 4.04. The number of primary amides is 1. The lowest BCUT2D eigenvalue weighted by molar-refractivity contribution is -0.386. The molecule has 1 aromatic heterocycles. The molecule has 0 aromatic carbocycles. The van der Waals surface area contributed by atoms with Gasteiger partial charge in [-0.25, -0.2) is 8.78 Å². The highest BCUT2D eigenvalue weighted by molar-refractivity contribution is 5.96. The molecule has 0 saturated carbocycles. The number of nitrogens with zero attached hydrogens (tertiary/aromatic N) is 1. The summed E-state index contributed by atoms with van der Waals surface area (Å²) in [5, 5.41) is 10.4. The highest BCUT2D eigenvalue weighted by Gasteiger charge is 2.25. The van der Waals surface area contributed by atoms with Crippen molar-refractivity contribution in [2.45, 2.75) is 6.43 Å². The zero-order valence-corrected chi connectivity index (χ0v) is 7.57. The molecule has 1 amide bonds. The van der Waals surface area contributed by atoms with Crippen molar-refractivity contribution in [3.05, 3.63) is 37.8 Å². The SMILES string of the molecule is NC(=O)c1cc(C(F)F)[nH]c(=O)c1[N+](=O)[O-]. The summed E-state index contributed by atoms with van der Waals surface area (Å²) in [4.78, 5) is 32.7. The Morgan fingerprint density at radius 2 is 2.12 bits per heavy atom. The zero-order chi connectivity index (χ0) is 12.5. The Labute approximate surface area is 86.0 Å². The summed E-state index contributed by atoms with van der Waals surface area (Å²) < 4.78 is 24.5. The molecule has 0 aliphatic heterocycles. The highest BCUT2D eigenvalue weighted by Crippen LogP contribution is 2.20. The summed E-state index contributed by atoms with van der Waals surface area (Å²) in [6.07, 6.45) is -3.06. The van der Waals surface area contributed by atoms with Crippen LogP contribution in [0.1, 0.15) is 22.5 Å². The van der Waals surface area contributed by atoms with E-state index in [1.165, 1.54) is 0 Å². The van der Waals surface area contributed by atoms with E-state index in [2.05, 4.69) is 0 Å². The van der Waals surface area contributed by atoms with Crippen LogP contribution in [-0.2, 0) is 0 Å². The van der Waals surface area contributed by atoms with Crippen molar-refractivity contribution >= 4 is 11.6 Å². The smallest absolute Gasteiger partial charge is 0.346 e. The summed E-state index contributed by atoms with van der Waals surface area (Å²) in [5.41, 5.74) is 0.473. The molecule has 1 heterocycles. The molecule has 0 radical (unpaired) electrons. The molecule has 0 unspecified atom stereocenters. The Bertz CT molecular complexity index is 511. The van der Waals surface area contributed by atoms with E-state index in [0.29, 0.717) is 6.07 Å². The van der Waals surface area contributed by atoms with Gasteiger partial charge in [0.2, 0.25) is 0 Å². The minimum atomic E-state index is -3.06. The van der Waals surface area contributed by atoms with Gasteiger partial charge in [-0.05, 0) is 6.07 Å². The monoisotopic (exact) mass is 233 g/mol. The van der Waals surface area contributed by atoms with Crippen LogP contribution in [0, 0.1) is 10.1 Å². The van der Waals surface area contributed by atoms with Gasteiger partial charge in [0.05, 0.1) is 10.6 Å². The van der Waals surface area contributed by atoms with Crippen molar-refractivity contribution < 1.29 is 18.5 Å². The van der Waals surface area contributed by atoms with Crippen LogP contribution in [-0.4, -0.2) is 15.8 Å². The quantitative estimate of drug-likeness (QED) is 0.576. The number of H-pyrrole nitrogens is 1. The Morgan fingerprint density at radius 1 is 1.56 bits per heavy atom. The second-order valence-corrected chi connectivity index (χ2v) is 2.74. The molecule has 0 bridgehead atoms. The Kier molecular flexibility index (Phi) is 2.97. The molecule has 0 saturated heterocycles. The lowest BCUT2D eigenvalue weighted by Crippen LogP contribution is -2.22. The number of alkyl halides is 2. The van der Waals surface area contributed by atoms with Gasteiger partial charge in [0.25, 0.3) is 12.3 Å². The molecular weight excluding hydrogens is 228 g/mol. The molecule has 1 aromatic rings. The fourth-order valence-electron chi connectivity index (χ4n) is 1.06. The van der Waals surface area contributed by atoms with Gasteiger partial charge in [0.1, 0.15) is 5.56 Å². The zero-order valence-electron chi connectivity index (χ0n) is 7.57. The summed E-state index contributed by atoms with van der Waals surface area (Å²) in [6.45, 7) is 0. The number of amides is 1. The van der Waals surface area contributed by atoms with Crippen LogP contribution in [0.3, 0.4) is 0 Å². The molecule has 1 rings (SSSR count). The molecule has 0 fully saturated rings. The van der Waals surface area contributed by atoms with Crippen LogP contribution >= 0.6 is 0 Å². The standard InChI is InChI=1S/C7H5F2N3O4/c8-5(9)3-1-2(6(10)13)4(12(15)16)7(14)11-3/h1,5H,(H2,10,13)(H,11,14). The average Bonchev–Trinajstić information content (AvgIpc) is 2.15. The van der Waals surface area contributed by atoms with E-state index in [-0.39, 0.29) is 0 Å². The van der Waals surface area contributed by atoms with Gasteiger partial charge in [0.15, 0.2) is 0 Å². The number of nitrogens with one attached hydrogen (secondary N) is 1. The average molecular weight is 233 g/mol. The van der Waals surface area contributed by atoms with Gasteiger partial charge >= 0.3 is 11.2 Å². The number of hydrogen-bond donors (Lipinski definition) is 2. The predicted molar refractivity (Wildman–Crippen MR) is 47.2 cm³/mol. The van der Waals surface area contributed by atoms with E-state index in [4.69, 9.17) is 5.73 Å². The summed E-state index contributed by atoms with van der Waals surface area (Å²) in [6, 6.07) is 0.493. The summed E-state index contributed by atoms with van der Waals surface area (Å²) in [7, 11) is 0. The maximum Gasteiger partial charge on any atom is 0.346 e. The molecule has 16 heavy (non-hydrogen) atoms. The summed E-state index contributed by atoms with van der Waals surface area (Å²) in [5.74, 6) is -1.32. The minimum Gasteiger partial charge on any atom is -0.365 e. The molecule has 3 N–H and O–H groups in total. The van der Waals surface area contributed by atoms with E-state index >= 15 is 0 Å². The van der Waals surface area contributed by atoms with E-state index in [0.717, 1.165) is 0 Å². The van der Waals surface area contributed by atoms with Crippen molar-refractivity contribution in [2.24, 2.45) is 5.73 Å². The first kappa shape index (κ1) is 11.8. The fraction of sp³-hybridized carbons (Fsp3) is 0.143. The number of nitro groups is 1. The lowest BCUT2D eigenvalue weighted by Gasteiger charge is -2.02. The van der Waals surface area contributed by atoms with Crippen molar-refractivity contribution in [2.75, 3.05) is 0 Å². The first-order chi connectivity index (χ1) is 7.34. The Morgan fingerprint density at radius 3 is 2.50 bits per heavy atom. The number of pyridine rings is 1. The van der Waals surface area contributed by atoms with E-state index in [9.17, 15) is 28.5 Å². The third-order valence-electron chi connectivity index (χ3n) is 1.71. The molecule has 86 valence electrons. The number of aromatic amines is 1. The third kappa shape index (κ3) is 2.02. The van der Waals surface area contributed by atoms with Crippen LogP contribution in [0.15, 0.2) is 10.9 Å². The van der Waals surface area contributed by atoms with Gasteiger partial charge < -0.3 is 10.7 Å². The number of aromatic nitrogens is 1. The molecule has 9 heteroatoms. The fourth-order valence-corrected chi connectivity index (χ4v) is 1.06. The number of carbonyl (C=O) groups excluding carboxylic acids is 1. The summed E-state index contributed by atoms with van der Waals surface area (Å²) >= 11 is 0. The Hall–Kier alpha value is -2.32. The largest absolute Gasteiger partial charge is 0.365 e. The van der Waals surface area contributed by atoms with E-state index < -0.39 is 39.8 Å². The minimum absolute atomic E-state index is 0.493. The molecule has 0 aliphatic carbocycles. The van der Waals surface area contributed by atoms with Crippen LogP contribution in [0.5, 0.6) is 0 Å². The van der Waals surface area contributed by atoms with Crippen molar-refractivity contribution in [1.82, 2.24) is 4.98 Å². The van der Waals surface area contributed by atoms with Gasteiger partial charge in [-0.3, -0.25) is 19.7 Å². The van der Waals surface area contributed by atoms with Crippen molar-refractivity contribution in [3.8, 4) is 0 Å². The first-order valence-electron chi connectivity index (χ1n) is 3.84. The topological polar surface area (TPSA) is 119 Å². The normalized spacial score (nSPS) is 10.4. The molecular formula is C7H5F2N3O4. The van der Waals surface area contributed by atoms with Crippen LogP contribution in [0.25, 0.3) is 0 Å². The van der Waals surface area contributed by atoms with Crippen molar-refractivity contribution in [3.63, 3.8) is 0 Å². The first-order valence-corrected chi connectivity index (χ1v) is 3.84. The van der Waals surface area contributed by atoms with Gasteiger partial charge in [0, 0.05) is 0 Å². The maximum absolute atomic E-state index is 12.2. The molecule has 0 atom stereocenters. The van der Waals surface area contributed by atoms with E-state index in [1.807, 2.05) is 0 Å². The van der Waals surface area contributed by atoms with Gasteiger partial charge in [-0.1, -0.05) is 0 Å². The predicted octanol–water partition coefficient (Wildman–Crippen LogP) is 0.320. The van der Waals surface area contributed by atoms with E-state index in [1.54, 1.807) is 4.98 Å². The van der Waals surface area contributed by atoms with Crippen LogP contribution < -0.4 is 11.3 Å². The number of halogens is 2. The van der Waals surface area contributed by atoms with Crippen LogP contribution in [0.2, 0.25) is 0 Å². The number of nitrogens with two attached hydrogens (primary N) is 1. The lowest BCUT2D eigenvalue weighted by atomic mass is 10.2. The molecule has 0 spiro atoms. The third-order valence-corrected chi connectivity index (χ3v) is 1.71. The van der Waals surface area contributed by atoms with Crippen molar-refractivity contribution in [1.29, 1.82) is 0 Å². The van der Waals surface area contributed by atoms with Gasteiger partial charge in [-0.15, -0.1) is 0 Å². The number of rotatable bonds is 3. The highest BCUT2D eigenvalue weighted by atomic mass is 19.3. The molecule has 7 nitrogen and oxygen atoms in total.